The highest BCUT2D eigenvalue weighted by molar-refractivity contribution is 5.79. The van der Waals surface area contributed by atoms with Crippen molar-refractivity contribution < 1.29 is 9.18 Å². The molecule has 1 saturated carbocycles. The molecular formula is C18H26FN3O. The quantitative estimate of drug-likeness (QED) is 0.912. The molecule has 3 rings (SSSR count). The van der Waals surface area contributed by atoms with Crippen LogP contribution in [0.25, 0.3) is 0 Å². The maximum atomic E-state index is 14.0. The lowest BCUT2D eigenvalue weighted by Crippen LogP contribution is -2.44. The zero-order chi connectivity index (χ0) is 16.1. The predicted octanol–water partition coefficient (Wildman–Crippen LogP) is 2.88. The van der Waals surface area contributed by atoms with Crippen LogP contribution in [0.4, 0.5) is 4.39 Å². The minimum absolute atomic E-state index is 0.0537. The molecular weight excluding hydrogens is 293 g/mol. The van der Waals surface area contributed by atoms with Gasteiger partial charge in [0.1, 0.15) is 5.82 Å². The average molecular weight is 319 g/mol. The van der Waals surface area contributed by atoms with E-state index in [9.17, 15) is 9.18 Å². The van der Waals surface area contributed by atoms with Crippen LogP contribution < -0.4 is 5.32 Å². The van der Waals surface area contributed by atoms with Crippen LogP contribution in [0.3, 0.4) is 0 Å². The number of hydrogen-bond donors (Lipinski definition) is 1. The SMILES string of the molecule is O=C1NCCCCCCN(Cc2ccncc2F)[C@H]2CCC[C@@H]12. The maximum absolute atomic E-state index is 14.0. The molecule has 2 fully saturated rings. The van der Waals surface area contributed by atoms with Gasteiger partial charge in [0.25, 0.3) is 0 Å². The van der Waals surface area contributed by atoms with Gasteiger partial charge in [-0.15, -0.1) is 0 Å². The number of nitrogens with zero attached hydrogens (tertiary/aromatic N) is 2. The molecule has 2 atom stereocenters. The summed E-state index contributed by atoms with van der Waals surface area (Å²) in [6.45, 7) is 2.31. The fourth-order valence-corrected chi connectivity index (χ4v) is 3.93. The lowest BCUT2D eigenvalue weighted by Gasteiger charge is -2.32. The van der Waals surface area contributed by atoms with Gasteiger partial charge in [0.05, 0.1) is 12.1 Å². The van der Waals surface area contributed by atoms with Gasteiger partial charge in [-0.2, -0.15) is 0 Å². The van der Waals surface area contributed by atoms with E-state index in [-0.39, 0.29) is 23.7 Å². The second-order valence-electron chi connectivity index (χ2n) is 6.75. The van der Waals surface area contributed by atoms with Crippen molar-refractivity contribution >= 4 is 5.91 Å². The van der Waals surface area contributed by atoms with Crippen molar-refractivity contribution in [1.82, 2.24) is 15.2 Å². The molecule has 0 radical (unpaired) electrons. The fraction of sp³-hybridized carbons (Fsp3) is 0.667. The number of amides is 1. The summed E-state index contributed by atoms with van der Waals surface area (Å²) in [6, 6.07) is 1.99. The van der Waals surface area contributed by atoms with E-state index in [4.69, 9.17) is 0 Å². The molecule has 0 bridgehead atoms. The smallest absolute Gasteiger partial charge is 0.224 e. The van der Waals surface area contributed by atoms with Gasteiger partial charge in [-0.25, -0.2) is 4.39 Å². The zero-order valence-corrected chi connectivity index (χ0v) is 13.6. The van der Waals surface area contributed by atoms with Crippen LogP contribution in [-0.4, -0.2) is 34.9 Å². The monoisotopic (exact) mass is 319 g/mol. The summed E-state index contributed by atoms with van der Waals surface area (Å²) in [5.41, 5.74) is 0.681. The van der Waals surface area contributed by atoms with Gasteiger partial charge >= 0.3 is 0 Å². The molecule has 5 heteroatoms. The molecule has 0 aromatic carbocycles. The van der Waals surface area contributed by atoms with E-state index < -0.39 is 0 Å². The first-order chi connectivity index (χ1) is 11.3. The first-order valence-electron chi connectivity index (χ1n) is 8.86. The number of nitrogens with one attached hydrogen (secondary N) is 1. The number of rotatable bonds is 2. The average Bonchev–Trinajstić information content (AvgIpc) is 3.02. The number of hydrogen-bond acceptors (Lipinski definition) is 3. The highest BCUT2D eigenvalue weighted by Crippen LogP contribution is 2.32. The second-order valence-corrected chi connectivity index (χ2v) is 6.75. The summed E-state index contributed by atoms with van der Waals surface area (Å²) in [7, 11) is 0. The molecule has 1 N–H and O–H groups in total. The minimum atomic E-state index is -0.249. The van der Waals surface area contributed by atoms with E-state index in [0.717, 1.165) is 51.6 Å². The maximum Gasteiger partial charge on any atom is 0.224 e. The van der Waals surface area contributed by atoms with E-state index >= 15 is 0 Å². The molecule has 1 amide bonds. The van der Waals surface area contributed by atoms with E-state index in [1.807, 2.05) is 0 Å². The number of carbonyl (C=O) groups excluding carboxylic acids is 1. The third-order valence-corrected chi connectivity index (χ3v) is 5.19. The Morgan fingerprint density at radius 3 is 2.96 bits per heavy atom. The molecule has 4 nitrogen and oxygen atoms in total. The number of fused-ring (bicyclic) bond motifs is 1. The minimum Gasteiger partial charge on any atom is -0.356 e. The van der Waals surface area contributed by atoms with Crippen molar-refractivity contribution in [3.05, 3.63) is 29.8 Å². The van der Waals surface area contributed by atoms with Crippen molar-refractivity contribution in [2.75, 3.05) is 13.1 Å². The Bertz CT molecular complexity index is 537. The van der Waals surface area contributed by atoms with Gasteiger partial charge in [0.15, 0.2) is 0 Å². The van der Waals surface area contributed by atoms with Gasteiger partial charge in [0, 0.05) is 30.9 Å². The van der Waals surface area contributed by atoms with Crippen LogP contribution in [0.2, 0.25) is 0 Å². The lowest BCUT2D eigenvalue weighted by molar-refractivity contribution is -0.126. The van der Waals surface area contributed by atoms with Crippen LogP contribution >= 0.6 is 0 Å². The summed E-state index contributed by atoms with van der Waals surface area (Å²) >= 11 is 0. The molecule has 1 aliphatic carbocycles. The van der Waals surface area contributed by atoms with E-state index in [1.165, 1.54) is 12.6 Å². The van der Waals surface area contributed by atoms with Gasteiger partial charge < -0.3 is 5.32 Å². The standard InChI is InChI=1S/C18H26FN3O/c19-16-12-20-10-8-14(16)13-22-11-4-2-1-3-9-21-18(23)15-6-5-7-17(15)22/h8,10,12,15,17H,1-7,9,11,13H2,(H,21,23)/t15-,17+/m1/s1. The zero-order valence-electron chi connectivity index (χ0n) is 13.6. The molecule has 2 aliphatic rings. The molecule has 0 spiro atoms. The molecule has 126 valence electrons. The van der Waals surface area contributed by atoms with Crippen LogP contribution in [0, 0.1) is 11.7 Å². The molecule has 0 unspecified atom stereocenters. The van der Waals surface area contributed by atoms with Crippen molar-refractivity contribution in [3.63, 3.8) is 0 Å². The first-order valence-corrected chi connectivity index (χ1v) is 8.86. The van der Waals surface area contributed by atoms with Gasteiger partial charge in [0.2, 0.25) is 5.91 Å². The third kappa shape index (κ3) is 4.08. The Morgan fingerprint density at radius 2 is 2.09 bits per heavy atom. The summed E-state index contributed by atoms with van der Waals surface area (Å²) in [6.07, 6.45) is 10.5. The van der Waals surface area contributed by atoms with E-state index in [2.05, 4.69) is 15.2 Å². The highest BCUT2D eigenvalue weighted by atomic mass is 19.1. The number of carbonyl (C=O) groups is 1. The van der Waals surface area contributed by atoms with Crippen LogP contribution in [0.1, 0.15) is 50.5 Å². The Kier molecular flexibility index (Phi) is 5.60. The Labute approximate surface area is 137 Å². The van der Waals surface area contributed by atoms with Gasteiger partial charge in [-0.3, -0.25) is 14.7 Å². The molecule has 1 saturated heterocycles. The lowest BCUT2D eigenvalue weighted by atomic mass is 10.00. The number of pyridine rings is 1. The summed E-state index contributed by atoms with van der Waals surface area (Å²) in [5, 5.41) is 3.10. The second kappa shape index (κ2) is 7.86. The van der Waals surface area contributed by atoms with Crippen molar-refractivity contribution in [3.8, 4) is 0 Å². The largest absolute Gasteiger partial charge is 0.356 e. The Balaban J connectivity index is 1.78. The molecule has 1 aliphatic heterocycles. The van der Waals surface area contributed by atoms with Crippen LogP contribution in [0.15, 0.2) is 18.5 Å². The van der Waals surface area contributed by atoms with Crippen molar-refractivity contribution in [1.29, 1.82) is 0 Å². The molecule has 1 aromatic heterocycles. The molecule has 2 heterocycles. The van der Waals surface area contributed by atoms with Gasteiger partial charge in [-0.05, 0) is 38.3 Å². The Morgan fingerprint density at radius 1 is 1.22 bits per heavy atom. The first kappa shape index (κ1) is 16.4. The number of aromatic nitrogens is 1. The molecule has 1 aromatic rings. The van der Waals surface area contributed by atoms with Crippen LogP contribution in [0.5, 0.6) is 0 Å². The van der Waals surface area contributed by atoms with E-state index in [1.54, 1.807) is 12.3 Å². The van der Waals surface area contributed by atoms with Crippen molar-refractivity contribution in [2.45, 2.75) is 57.5 Å². The third-order valence-electron chi connectivity index (χ3n) is 5.19. The predicted molar refractivity (Wildman–Crippen MR) is 87.2 cm³/mol. The number of halogens is 1. The fourth-order valence-electron chi connectivity index (χ4n) is 3.93. The summed E-state index contributed by atoms with van der Waals surface area (Å²) in [4.78, 5) is 18.6. The summed E-state index contributed by atoms with van der Waals surface area (Å²) < 4.78 is 14.0. The Hall–Kier alpha value is -1.49. The van der Waals surface area contributed by atoms with E-state index in [0.29, 0.717) is 12.1 Å². The topological polar surface area (TPSA) is 45.2 Å². The highest BCUT2D eigenvalue weighted by Gasteiger charge is 2.36. The van der Waals surface area contributed by atoms with Crippen molar-refractivity contribution in [2.24, 2.45) is 5.92 Å². The normalized spacial score (nSPS) is 27.1. The summed E-state index contributed by atoms with van der Waals surface area (Å²) in [5.74, 6) is -0.00610. The van der Waals surface area contributed by atoms with Crippen LogP contribution in [-0.2, 0) is 11.3 Å². The van der Waals surface area contributed by atoms with Gasteiger partial charge in [-0.1, -0.05) is 19.3 Å². The molecule has 23 heavy (non-hydrogen) atoms.